The van der Waals surface area contributed by atoms with Crippen molar-refractivity contribution >= 4 is 28.4 Å². The summed E-state index contributed by atoms with van der Waals surface area (Å²) in [6, 6.07) is 3.90. The third-order valence-electron chi connectivity index (χ3n) is 2.57. The second-order valence-corrected chi connectivity index (χ2v) is 4.82. The quantitative estimate of drug-likeness (QED) is 0.743. The number of hydrogen-bond donors (Lipinski definition) is 0. The maximum Gasteiger partial charge on any atom is 0.129 e. The molecule has 0 aromatic carbocycles. The largest absolute Gasteiger partial charge is 0.283 e. The minimum atomic E-state index is 0.559. The van der Waals surface area contributed by atoms with Crippen LogP contribution in [0.25, 0.3) is 0 Å². The van der Waals surface area contributed by atoms with Gasteiger partial charge in [0, 0.05) is 18.7 Å². The number of hydrogen-bond acceptors (Lipinski definition) is 3. The van der Waals surface area contributed by atoms with Crippen LogP contribution >= 0.6 is 23.4 Å². The Hall–Kier alpha value is -0.540. The van der Waals surface area contributed by atoms with Crippen molar-refractivity contribution in [3.05, 3.63) is 29.0 Å². The molecule has 1 unspecified atom stereocenters. The fourth-order valence-electron chi connectivity index (χ4n) is 1.82. The third-order valence-corrected chi connectivity index (χ3v) is 3.68. The number of nitrogens with zero attached hydrogens (tertiary/aromatic N) is 2. The first kappa shape index (κ1) is 11.0. The highest BCUT2D eigenvalue weighted by atomic mass is 35.5. The highest BCUT2D eigenvalue weighted by Gasteiger charge is 2.20. The zero-order chi connectivity index (χ0) is 10.7. The maximum atomic E-state index is 5.75. The molecule has 0 aliphatic carbocycles. The molecule has 1 aliphatic heterocycles. The highest BCUT2D eigenvalue weighted by molar-refractivity contribution is 8.13. The molecule has 0 radical (unpaired) electrons. The summed E-state index contributed by atoms with van der Waals surface area (Å²) in [5.41, 5.74) is 1.24. The van der Waals surface area contributed by atoms with Gasteiger partial charge in [-0.1, -0.05) is 17.7 Å². The van der Waals surface area contributed by atoms with Crippen LogP contribution in [0.5, 0.6) is 0 Å². The van der Waals surface area contributed by atoms with Crippen LogP contribution in [0.15, 0.2) is 23.3 Å². The first-order valence-corrected chi connectivity index (χ1v) is 6.58. The smallest absolute Gasteiger partial charge is 0.129 e. The Morgan fingerprint density at radius 3 is 3.07 bits per heavy atom. The van der Waals surface area contributed by atoms with E-state index in [0.717, 1.165) is 13.0 Å². The van der Waals surface area contributed by atoms with Crippen molar-refractivity contribution in [1.82, 2.24) is 4.98 Å². The van der Waals surface area contributed by atoms with E-state index in [0.29, 0.717) is 11.1 Å². The van der Waals surface area contributed by atoms with E-state index in [4.69, 9.17) is 11.6 Å². The first-order valence-electron chi connectivity index (χ1n) is 4.98. The Labute approximate surface area is 99.2 Å². The number of pyridine rings is 1. The Balaban J connectivity index is 2.03. The van der Waals surface area contributed by atoms with E-state index in [-0.39, 0.29) is 0 Å². The van der Waals surface area contributed by atoms with Gasteiger partial charge in [-0.25, -0.2) is 4.98 Å². The Morgan fingerprint density at radius 2 is 2.40 bits per heavy atom. The lowest BCUT2D eigenvalue weighted by atomic mass is 10.0. The molecule has 4 heteroatoms. The van der Waals surface area contributed by atoms with E-state index in [1.165, 1.54) is 17.0 Å². The molecule has 1 aromatic heterocycles. The van der Waals surface area contributed by atoms with E-state index in [1.54, 1.807) is 11.8 Å². The van der Waals surface area contributed by atoms with Crippen molar-refractivity contribution < 1.29 is 0 Å². The number of aliphatic imine (C=N–C) groups is 1. The average Bonchev–Trinajstić information content (AvgIpc) is 2.69. The monoisotopic (exact) mass is 240 g/mol. The molecule has 1 aromatic rings. The van der Waals surface area contributed by atoms with Crippen LogP contribution in [0.2, 0.25) is 5.15 Å². The van der Waals surface area contributed by atoms with Crippen molar-refractivity contribution in [2.45, 2.75) is 12.8 Å². The van der Waals surface area contributed by atoms with Gasteiger partial charge >= 0.3 is 0 Å². The Kier molecular flexibility index (Phi) is 3.65. The lowest BCUT2D eigenvalue weighted by Crippen LogP contribution is -2.09. The van der Waals surface area contributed by atoms with Crippen molar-refractivity contribution in [1.29, 1.82) is 0 Å². The summed E-state index contributed by atoms with van der Waals surface area (Å²) in [4.78, 5) is 8.57. The molecule has 0 fully saturated rings. The molecular weight excluding hydrogens is 228 g/mol. The zero-order valence-electron chi connectivity index (χ0n) is 8.61. The third kappa shape index (κ3) is 2.73. The fraction of sp³-hybridized carbons (Fsp3) is 0.455. The SMILES string of the molecule is CSC1=NCCC1Cc1ccc(Cl)nc1. The predicted molar refractivity (Wildman–Crippen MR) is 66.9 cm³/mol. The zero-order valence-corrected chi connectivity index (χ0v) is 10.2. The van der Waals surface area contributed by atoms with Gasteiger partial charge in [0.15, 0.2) is 0 Å². The van der Waals surface area contributed by atoms with Crippen molar-refractivity contribution in [2.24, 2.45) is 10.9 Å². The minimum absolute atomic E-state index is 0.559. The lowest BCUT2D eigenvalue weighted by Gasteiger charge is -2.10. The highest BCUT2D eigenvalue weighted by Crippen LogP contribution is 2.24. The summed E-state index contributed by atoms with van der Waals surface area (Å²) in [6.45, 7) is 0.974. The average molecular weight is 241 g/mol. The summed E-state index contributed by atoms with van der Waals surface area (Å²) < 4.78 is 0. The summed E-state index contributed by atoms with van der Waals surface area (Å²) in [7, 11) is 0. The predicted octanol–water partition coefficient (Wildman–Crippen LogP) is 3.06. The van der Waals surface area contributed by atoms with Crippen LogP contribution in [0.3, 0.4) is 0 Å². The summed E-state index contributed by atoms with van der Waals surface area (Å²) >= 11 is 7.51. The molecule has 2 nitrogen and oxygen atoms in total. The molecular formula is C11H13ClN2S. The second kappa shape index (κ2) is 4.99. The Morgan fingerprint density at radius 1 is 1.53 bits per heavy atom. The van der Waals surface area contributed by atoms with Gasteiger partial charge in [-0.3, -0.25) is 4.99 Å². The molecule has 1 atom stereocenters. The van der Waals surface area contributed by atoms with Gasteiger partial charge < -0.3 is 0 Å². The molecule has 0 bridgehead atoms. The normalized spacial score (nSPS) is 20.4. The molecule has 0 amide bonds. The van der Waals surface area contributed by atoms with Crippen LogP contribution < -0.4 is 0 Å². The van der Waals surface area contributed by atoms with Gasteiger partial charge in [0.05, 0.1) is 5.04 Å². The van der Waals surface area contributed by atoms with E-state index < -0.39 is 0 Å². The van der Waals surface area contributed by atoms with Crippen LogP contribution in [-0.2, 0) is 6.42 Å². The molecule has 80 valence electrons. The summed E-state index contributed by atoms with van der Waals surface area (Å²) in [5, 5.41) is 1.84. The fourth-order valence-corrected chi connectivity index (χ4v) is 2.68. The molecule has 0 N–H and O–H groups in total. The molecule has 2 heterocycles. The number of aromatic nitrogens is 1. The number of rotatable bonds is 2. The van der Waals surface area contributed by atoms with Gasteiger partial charge in [0.25, 0.3) is 0 Å². The molecule has 15 heavy (non-hydrogen) atoms. The van der Waals surface area contributed by atoms with Crippen LogP contribution in [0.4, 0.5) is 0 Å². The molecule has 0 saturated carbocycles. The standard InChI is InChI=1S/C11H13ClN2S/c1-15-11-9(4-5-13-11)6-8-2-3-10(12)14-7-8/h2-3,7,9H,4-6H2,1H3. The first-order chi connectivity index (χ1) is 7.29. The van der Waals surface area contributed by atoms with E-state index >= 15 is 0 Å². The van der Waals surface area contributed by atoms with Crippen LogP contribution in [0, 0.1) is 5.92 Å². The summed E-state index contributed by atoms with van der Waals surface area (Å²) in [5.74, 6) is 0.586. The molecule has 0 saturated heterocycles. The topological polar surface area (TPSA) is 25.2 Å². The summed E-state index contributed by atoms with van der Waals surface area (Å²) in [6.07, 6.45) is 6.15. The minimum Gasteiger partial charge on any atom is -0.283 e. The molecule has 1 aliphatic rings. The second-order valence-electron chi connectivity index (χ2n) is 3.60. The van der Waals surface area contributed by atoms with Crippen molar-refractivity contribution in [3.8, 4) is 0 Å². The van der Waals surface area contributed by atoms with Crippen molar-refractivity contribution in [2.75, 3.05) is 12.8 Å². The van der Waals surface area contributed by atoms with Gasteiger partial charge in [-0.2, -0.15) is 0 Å². The number of thioether (sulfide) groups is 1. The Bertz CT molecular complexity index is 361. The van der Waals surface area contributed by atoms with E-state index in [1.807, 2.05) is 18.3 Å². The van der Waals surface area contributed by atoms with Crippen LogP contribution in [0.1, 0.15) is 12.0 Å². The van der Waals surface area contributed by atoms with Gasteiger partial charge in [0.2, 0.25) is 0 Å². The maximum absolute atomic E-state index is 5.75. The van der Waals surface area contributed by atoms with E-state index in [2.05, 4.69) is 16.2 Å². The van der Waals surface area contributed by atoms with Gasteiger partial charge in [-0.15, -0.1) is 11.8 Å². The molecule has 2 rings (SSSR count). The van der Waals surface area contributed by atoms with Crippen LogP contribution in [-0.4, -0.2) is 22.8 Å². The number of halogens is 1. The van der Waals surface area contributed by atoms with E-state index in [9.17, 15) is 0 Å². The van der Waals surface area contributed by atoms with Gasteiger partial charge in [0.1, 0.15) is 5.15 Å². The van der Waals surface area contributed by atoms with Crippen molar-refractivity contribution in [3.63, 3.8) is 0 Å². The van der Waals surface area contributed by atoms with Gasteiger partial charge in [-0.05, 0) is 30.7 Å². The molecule has 0 spiro atoms. The lowest BCUT2D eigenvalue weighted by molar-refractivity contribution is 0.679.